The van der Waals surface area contributed by atoms with Crippen LogP contribution >= 0.6 is 0 Å². The molecule has 1 aliphatic rings. The molecule has 27 heavy (non-hydrogen) atoms. The van der Waals surface area contributed by atoms with Crippen LogP contribution in [0.15, 0.2) is 18.3 Å². The van der Waals surface area contributed by atoms with Crippen molar-refractivity contribution in [2.45, 2.75) is 26.7 Å². The third kappa shape index (κ3) is 4.10. The minimum Gasteiger partial charge on any atom is -0.351 e. The molecule has 8 nitrogen and oxygen atoms in total. The lowest BCUT2D eigenvalue weighted by atomic mass is 10.2. The number of carbonyl (C=O) groups excluding carboxylic acids is 3. The molecule has 0 atom stereocenters. The van der Waals surface area contributed by atoms with Crippen LogP contribution in [0.1, 0.15) is 34.6 Å². The zero-order chi connectivity index (χ0) is 19.4. The molecule has 0 spiro atoms. The predicted octanol–water partition coefficient (Wildman–Crippen LogP) is 0.762. The zero-order valence-electron chi connectivity index (χ0n) is 15.8. The lowest BCUT2D eigenvalue weighted by molar-refractivity contribution is -0.135. The number of amides is 3. The predicted molar refractivity (Wildman–Crippen MR) is 100 cm³/mol. The van der Waals surface area contributed by atoms with Gasteiger partial charge >= 0.3 is 0 Å². The van der Waals surface area contributed by atoms with Crippen molar-refractivity contribution < 1.29 is 14.4 Å². The molecule has 2 aromatic rings. The average molecular weight is 371 g/mol. The van der Waals surface area contributed by atoms with Crippen LogP contribution < -0.4 is 5.32 Å². The number of carbonyl (C=O) groups is 3. The molecule has 3 heterocycles. The van der Waals surface area contributed by atoms with Gasteiger partial charge in [-0.1, -0.05) is 6.07 Å². The molecule has 0 aliphatic carbocycles. The summed E-state index contributed by atoms with van der Waals surface area (Å²) in [6.45, 7) is 6.53. The molecule has 1 aliphatic heterocycles. The second kappa shape index (κ2) is 8.20. The van der Waals surface area contributed by atoms with Gasteiger partial charge in [0.25, 0.3) is 5.91 Å². The fourth-order valence-corrected chi connectivity index (χ4v) is 3.35. The Balaban J connectivity index is 1.49. The van der Waals surface area contributed by atoms with E-state index in [-0.39, 0.29) is 11.8 Å². The highest BCUT2D eigenvalue weighted by atomic mass is 16.2. The van der Waals surface area contributed by atoms with Crippen LogP contribution in [0.2, 0.25) is 0 Å². The minimum absolute atomic E-state index is 0.0661. The van der Waals surface area contributed by atoms with Crippen molar-refractivity contribution in [1.82, 2.24) is 24.5 Å². The van der Waals surface area contributed by atoms with E-state index in [4.69, 9.17) is 0 Å². The first-order valence-electron chi connectivity index (χ1n) is 9.21. The van der Waals surface area contributed by atoms with E-state index >= 15 is 0 Å². The largest absolute Gasteiger partial charge is 0.351 e. The Bertz CT molecular complexity index is 852. The summed E-state index contributed by atoms with van der Waals surface area (Å²) >= 11 is 0. The quantitative estimate of drug-likeness (QED) is 0.600. The van der Waals surface area contributed by atoms with E-state index in [1.807, 2.05) is 32.2 Å². The van der Waals surface area contributed by atoms with E-state index in [2.05, 4.69) is 10.3 Å². The highest BCUT2D eigenvalue weighted by Gasteiger charge is 2.20. The maximum Gasteiger partial charge on any atom is 0.270 e. The number of piperazine rings is 1. The SMILES string of the molecule is Cc1nc2c(C)cccn2c1C(=O)NCCCC(=O)N1CCN(C=O)CC1. The zero-order valence-corrected chi connectivity index (χ0v) is 15.8. The number of aromatic nitrogens is 2. The molecule has 1 saturated heterocycles. The van der Waals surface area contributed by atoms with E-state index in [1.165, 1.54) is 0 Å². The Morgan fingerprint density at radius 2 is 1.96 bits per heavy atom. The van der Waals surface area contributed by atoms with Gasteiger partial charge in [0.1, 0.15) is 11.3 Å². The van der Waals surface area contributed by atoms with Crippen LogP contribution in [0.4, 0.5) is 0 Å². The molecule has 1 fully saturated rings. The van der Waals surface area contributed by atoms with E-state index in [1.54, 1.807) is 14.2 Å². The number of hydrogen-bond acceptors (Lipinski definition) is 4. The lowest BCUT2D eigenvalue weighted by Crippen LogP contribution is -2.48. The molecule has 0 unspecified atom stereocenters. The van der Waals surface area contributed by atoms with Crippen molar-refractivity contribution in [3.8, 4) is 0 Å². The Morgan fingerprint density at radius 3 is 2.67 bits per heavy atom. The Morgan fingerprint density at radius 1 is 1.22 bits per heavy atom. The van der Waals surface area contributed by atoms with Gasteiger partial charge in [0.15, 0.2) is 0 Å². The summed E-state index contributed by atoms with van der Waals surface area (Å²) in [6, 6.07) is 3.85. The van der Waals surface area contributed by atoms with E-state index < -0.39 is 0 Å². The molecule has 2 aromatic heterocycles. The van der Waals surface area contributed by atoms with Gasteiger partial charge in [0.2, 0.25) is 12.3 Å². The molecule has 1 N–H and O–H groups in total. The fourth-order valence-electron chi connectivity index (χ4n) is 3.35. The van der Waals surface area contributed by atoms with Crippen molar-refractivity contribution in [2.75, 3.05) is 32.7 Å². The van der Waals surface area contributed by atoms with Crippen LogP contribution in [0, 0.1) is 13.8 Å². The molecule has 144 valence electrons. The number of nitrogens with zero attached hydrogens (tertiary/aromatic N) is 4. The Kier molecular flexibility index (Phi) is 5.73. The van der Waals surface area contributed by atoms with Gasteiger partial charge in [-0.3, -0.25) is 18.8 Å². The molecular weight excluding hydrogens is 346 g/mol. The second-order valence-corrected chi connectivity index (χ2v) is 6.81. The molecular formula is C19H25N5O3. The monoisotopic (exact) mass is 371 g/mol. The minimum atomic E-state index is -0.183. The van der Waals surface area contributed by atoms with Gasteiger partial charge in [-0.2, -0.15) is 0 Å². The smallest absolute Gasteiger partial charge is 0.270 e. The third-order valence-electron chi connectivity index (χ3n) is 4.90. The van der Waals surface area contributed by atoms with Gasteiger partial charge in [0, 0.05) is 45.3 Å². The highest BCUT2D eigenvalue weighted by Crippen LogP contribution is 2.15. The summed E-state index contributed by atoms with van der Waals surface area (Å²) in [6.07, 6.45) is 3.61. The van der Waals surface area contributed by atoms with Gasteiger partial charge in [-0.15, -0.1) is 0 Å². The molecule has 8 heteroatoms. The standard InChI is InChI=1S/C19H25N5O3/c1-14-5-4-8-24-17(15(2)21-18(14)24)19(27)20-7-3-6-16(26)23-11-9-22(13-25)10-12-23/h4-5,8,13H,3,6-7,9-12H2,1-2H3,(H,20,27). The molecule has 3 amide bonds. The van der Waals surface area contributed by atoms with Crippen LogP contribution in [-0.4, -0.2) is 70.1 Å². The third-order valence-corrected chi connectivity index (χ3v) is 4.90. The first-order valence-corrected chi connectivity index (χ1v) is 9.21. The van der Waals surface area contributed by atoms with Gasteiger partial charge < -0.3 is 15.1 Å². The number of rotatable bonds is 6. The number of imidazole rings is 1. The summed E-state index contributed by atoms with van der Waals surface area (Å²) in [7, 11) is 0. The fraction of sp³-hybridized carbons (Fsp3) is 0.474. The van der Waals surface area contributed by atoms with Gasteiger partial charge in [0.05, 0.1) is 5.69 Å². The van der Waals surface area contributed by atoms with Crippen LogP contribution in [0.25, 0.3) is 5.65 Å². The van der Waals surface area contributed by atoms with Crippen molar-refractivity contribution in [2.24, 2.45) is 0 Å². The first-order chi connectivity index (χ1) is 13.0. The van der Waals surface area contributed by atoms with E-state index in [0.717, 1.165) is 17.6 Å². The van der Waals surface area contributed by atoms with E-state index in [9.17, 15) is 14.4 Å². The average Bonchev–Trinajstić information content (AvgIpc) is 3.02. The Hall–Kier alpha value is -2.90. The second-order valence-electron chi connectivity index (χ2n) is 6.81. The number of fused-ring (bicyclic) bond motifs is 1. The van der Waals surface area contributed by atoms with Crippen LogP contribution in [0.5, 0.6) is 0 Å². The Labute approximate surface area is 158 Å². The van der Waals surface area contributed by atoms with E-state index in [0.29, 0.717) is 57.0 Å². The number of aryl methyl sites for hydroxylation is 2. The van der Waals surface area contributed by atoms with Crippen molar-refractivity contribution in [3.05, 3.63) is 35.3 Å². The maximum absolute atomic E-state index is 12.6. The summed E-state index contributed by atoms with van der Waals surface area (Å²) in [5.41, 5.74) is 3.01. The van der Waals surface area contributed by atoms with Crippen molar-refractivity contribution in [3.63, 3.8) is 0 Å². The topological polar surface area (TPSA) is 87.0 Å². The van der Waals surface area contributed by atoms with Crippen molar-refractivity contribution >= 4 is 23.9 Å². The maximum atomic E-state index is 12.6. The summed E-state index contributed by atoms with van der Waals surface area (Å²) < 4.78 is 1.80. The molecule has 0 aromatic carbocycles. The lowest BCUT2D eigenvalue weighted by Gasteiger charge is -2.32. The van der Waals surface area contributed by atoms with Gasteiger partial charge in [-0.05, 0) is 31.9 Å². The normalized spacial score (nSPS) is 14.4. The molecule has 3 rings (SSSR count). The summed E-state index contributed by atoms with van der Waals surface area (Å²) in [5, 5.41) is 2.89. The number of hydrogen-bond donors (Lipinski definition) is 1. The molecule has 0 saturated carbocycles. The summed E-state index contributed by atoms with van der Waals surface area (Å²) in [5.74, 6) is -0.117. The molecule has 0 bridgehead atoms. The first kappa shape index (κ1) is 18.9. The summed E-state index contributed by atoms with van der Waals surface area (Å²) in [4.78, 5) is 43.4. The van der Waals surface area contributed by atoms with Crippen molar-refractivity contribution in [1.29, 1.82) is 0 Å². The van der Waals surface area contributed by atoms with Crippen LogP contribution in [-0.2, 0) is 9.59 Å². The van der Waals surface area contributed by atoms with Crippen LogP contribution in [0.3, 0.4) is 0 Å². The highest BCUT2D eigenvalue weighted by molar-refractivity contribution is 5.94. The number of pyridine rings is 1. The molecule has 0 radical (unpaired) electrons. The number of nitrogens with one attached hydrogen (secondary N) is 1. The van der Waals surface area contributed by atoms with Gasteiger partial charge in [-0.25, -0.2) is 4.98 Å².